The Morgan fingerprint density at radius 2 is 2.00 bits per heavy atom. The van der Waals surface area contributed by atoms with Crippen molar-refractivity contribution >= 4 is 10.0 Å². The van der Waals surface area contributed by atoms with Crippen molar-refractivity contribution in [3.8, 4) is 0 Å². The van der Waals surface area contributed by atoms with Crippen LogP contribution in [0.25, 0.3) is 0 Å². The third-order valence-electron chi connectivity index (χ3n) is 2.52. The molecule has 0 heterocycles. The molecular formula is C12H19NO3S. The summed E-state index contributed by atoms with van der Waals surface area (Å²) in [6.07, 6.45) is -0.238. The minimum atomic E-state index is -3.26. The van der Waals surface area contributed by atoms with Gasteiger partial charge in [-0.25, -0.2) is 13.1 Å². The average molecular weight is 257 g/mol. The Balaban J connectivity index is 2.62. The van der Waals surface area contributed by atoms with Gasteiger partial charge < -0.3 is 5.11 Å². The fraction of sp³-hybridized carbons (Fsp3) is 0.500. The van der Waals surface area contributed by atoms with Crippen molar-refractivity contribution in [3.63, 3.8) is 0 Å². The van der Waals surface area contributed by atoms with E-state index in [2.05, 4.69) is 4.72 Å². The van der Waals surface area contributed by atoms with Gasteiger partial charge in [-0.15, -0.1) is 0 Å². The first-order valence-electron chi connectivity index (χ1n) is 5.67. The zero-order chi connectivity index (χ0) is 12.9. The third-order valence-corrected chi connectivity index (χ3v) is 4.07. The number of hydrogen-bond donors (Lipinski definition) is 2. The molecule has 0 saturated heterocycles. The largest absolute Gasteiger partial charge is 0.387 e. The van der Waals surface area contributed by atoms with E-state index < -0.39 is 16.1 Å². The first-order chi connectivity index (χ1) is 7.96. The maximum absolute atomic E-state index is 11.4. The van der Waals surface area contributed by atoms with Gasteiger partial charge in [0.15, 0.2) is 0 Å². The smallest absolute Gasteiger partial charge is 0.211 e. The van der Waals surface area contributed by atoms with Gasteiger partial charge in [-0.05, 0) is 24.5 Å². The summed E-state index contributed by atoms with van der Waals surface area (Å²) in [5.74, 6) is 0.0908. The molecule has 0 bridgehead atoms. The van der Waals surface area contributed by atoms with Crippen LogP contribution in [0, 0.1) is 6.92 Å². The van der Waals surface area contributed by atoms with Gasteiger partial charge in [0.05, 0.1) is 11.9 Å². The van der Waals surface area contributed by atoms with Crippen molar-refractivity contribution in [1.82, 2.24) is 4.72 Å². The SMILES string of the molecule is CCCS(=O)(=O)NCC(O)c1ccccc1C. The van der Waals surface area contributed by atoms with Crippen molar-refractivity contribution in [1.29, 1.82) is 0 Å². The van der Waals surface area contributed by atoms with Gasteiger partial charge >= 0.3 is 0 Å². The number of aliphatic hydroxyl groups excluding tert-OH is 1. The molecule has 0 aliphatic heterocycles. The lowest BCUT2D eigenvalue weighted by Gasteiger charge is -2.14. The molecule has 1 atom stereocenters. The van der Waals surface area contributed by atoms with Crippen LogP contribution in [0.4, 0.5) is 0 Å². The van der Waals surface area contributed by atoms with Gasteiger partial charge in [-0.2, -0.15) is 0 Å². The highest BCUT2D eigenvalue weighted by Crippen LogP contribution is 2.16. The monoisotopic (exact) mass is 257 g/mol. The Morgan fingerprint density at radius 1 is 1.35 bits per heavy atom. The summed E-state index contributed by atoms with van der Waals surface area (Å²) in [7, 11) is -3.26. The molecule has 0 aliphatic carbocycles. The predicted molar refractivity (Wildman–Crippen MR) is 68.2 cm³/mol. The standard InChI is InChI=1S/C12H19NO3S/c1-3-8-17(15,16)13-9-12(14)11-7-5-4-6-10(11)2/h4-7,12-14H,3,8-9H2,1-2H3. The first kappa shape index (κ1) is 14.2. The summed E-state index contributed by atoms with van der Waals surface area (Å²) in [4.78, 5) is 0. The van der Waals surface area contributed by atoms with Crippen molar-refractivity contribution in [2.24, 2.45) is 0 Å². The van der Waals surface area contributed by atoms with Crippen LogP contribution in [-0.4, -0.2) is 25.8 Å². The van der Waals surface area contributed by atoms with Gasteiger partial charge in [0.1, 0.15) is 0 Å². The zero-order valence-electron chi connectivity index (χ0n) is 10.2. The number of rotatable bonds is 6. The molecule has 5 heteroatoms. The second kappa shape index (κ2) is 6.14. The Hall–Kier alpha value is -0.910. The molecule has 0 aromatic heterocycles. The highest BCUT2D eigenvalue weighted by atomic mass is 32.2. The minimum Gasteiger partial charge on any atom is -0.387 e. The summed E-state index contributed by atoms with van der Waals surface area (Å²) >= 11 is 0. The van der Waals surface area contributed by atoms with E-state index in [1.54, 1.807) is 13.0 Å². The number of hydrogen-bond acceptors (Lipinski definition) is 3. The van der Waals surface area contributed by atoms with E-state index >= 15 is 0 Å². The number of nitrogens with one attached hydrogen (secondary N) is 1. The molecule has 1 unspecified atom stereocenters. The fourth-order valence-corrected chi connectivity index (χ4v) is 2.71. The van der Waals surface area contributed by atoms with Crippen LogP contribution in [0.3, 0.4) is 0 Å². The molecule has 0 fully saturated rings. The van der Waals surface area contributed by atoms with Crippen LogP contribution in [0.1, 0.15) is 30.6 Å². The van der Waals surface area contributed by atoms with Crippen LogP contribution in [0.15, 0.2) is 24.3 Å². The quantitative estimate of drug-likeness (QED) is 0.808. The summed E-state index contributed by atoms with van der Waals surface area (Å²) in [6.45, 7) is 3.71. The van der Waals surface area contributed by atoms with Crippen LogP contribution in [0.5, 0.6) is 0 Å². The molecule has 0 saturated carbocycles. The number of benzene rings is 1. The molecule has 96 valence electrons. The maximum atomic E-state index is 11.4. The first-order valence-corrected chi connectivity index (χ1v) is 7.32. The van der Waals surface area contributed by atoms with E-state index in [-0.39, 0.29) is 12.3 Å². The van der Waals surface area contributed by atoms with E-state index in [0.717, 1.165) is 11.1 Å². The zero-order valence-corrected chi connectivity index (χ0v) is 11.0. The second-order valence-electron chi connectivity index (χ2n) is 4.04. The number of aliphatic hydroxyl groups is 1. The lowest BCUT2D eigenvalue weighted by Crippen LogP contribution is -2.30. The summed E-state index contributed by atoms with van der Waals surface area (Å²) < 4.78 is 25.3. The molecule has 0 radical (unpaired) electrons. The molecule has 0 spiro atoms. The van der Waals surface area contributed by atoms with Crippen molar-refractivity contribution in [3.05, 3.63) is 35.4 Å². The number of aryl methyl sites for hydroxylation is 1. The minimum absolute atomic E-state index is 0.0210. The van der Waals surface area contributed by atoms with Gasteiger partial charge in [-0.1, -0.05) is 31.2 Å². The normalized spacial score (nSPS) is 13.6. The lowest BCUT2D eigenvalue weighted by molar-refractivity contribution is 0.181. The van der Waals surface area contributed by atoms with Crippen molar-refractivity contribution in [2.45, 2.75) is 26.4 Å². The molecule has 0 aliphatic rings. The third kappa shape index (κ3) is 4.46. The van der Waals surface area contributed by atoms with Crippen molar-refractivity contribution in [2.75, 3.05) is 12.3 Å². The predicted octanol–water partition coefficient (Wildman–Crippen LogP) is 1.36. The van der Waals surface area contributed by atoms with Crippen LogP contribution >= 0.6 is 0 Å². The summed E-state index contributed by atoms with van der Waals surface area (Å²) in [5, 5.41) is 9.91. The highest BCUT2D eigenvalue weighted by molar-refractivity contribution is 7.89. The Kier molecular flexibility index (Phi) is 5.11. The second-order valence-corrected chi connectivity index (χ2v) is 5.97. The highest BCUT2D eigenvalue weighted by Gasteiger charge is 2.14. The molecule has 17 heavy (non-hydrogen) atoms. The van der Waals surface area contributed by atoms with Gasteiger partial charge in [0, 0.05) is 6.54 Å². The lowest BCUT2D eigenvalue weighted by atomic mass is 10.0. The average Bonchev–Trinajstić information content (AvgIpc) is 2.27. The molecular weight excluding hydrogens is 238 g/mol. The van der Waals surface area contributed by atoms with E-state index in [1.165, 1.54) is 0 Å². The van der Waals surface area contributed by atoms with Crippen LogP contribution < -0.4 is 4.72 Å². The van der Waals surface area contributed by atoms with E-state index in [9.17, 15) is 13.5 Å². The Morgan fingerprint density at radius 3 is 2.59 bits per heavy atom. The van der Waals surface area contributed by atoms with Gasteiger partial charge in [0.2, 0.25) is 10.0 Å². The summed E-state index contributed by atoms with van der Waals surface area (Å²) in [6, 6.07) is 7.39. The fourth-order valence-electron chi connectivity index (χ4n) is 1.62. The van der Waals surface area contributed by atoms with Gasteiger partial charge in [-0.3, -0.25) is 0 Å². The summed E-state index contributed by atoms with van der Waals surface area (Å²) in [5.41, 5.74) is 1.71. The Bertz CT molecular complexity index is 457. The molecule has 0 amide bonds. The van der Waals surface area contributed by atoms with E-state index in [0.29, 0.717) is 6.42 Å². The van der Waals surface area contributed by atoms with Crippen LogP contribution in [-0.2, 0) is 10.0 Å². The maximum Gasteiger partial charge on any atom is 0.211 e. The van der Waals surface area contributed by atoms with E-state index in [1.807, 2.05) is 25.1 Å². The molecule has 2 N–H and O–H groups in total. The molecule has 1 aromatic carbocycles. The van der Waals surface area contributed by atoms with Gasteiger partial charge in [0.25, 0.3) is 0 Å². The number of sulfonamides is 1. The molecule has 4 nitrogen and oxygen atoms in total. The topological polar surface area (TPSA) is 66.4 Å². The Labute approximate surface area is 103 Å². The van der Waals surface area contributed by atoms with Crippen molar-refractivity contribution < 1.29 is 13.5 Å². The van der Waals surface area contributed by atoms with Crippen LogP contribution in [0.2, 0.25) is 0 Å². The molecule has 1 aromatic rings. The molecule has 1 rings (SSSR count). The van der Waals surface area contributed by atoms with E-state index in [4.69, 9.17) is 0 Å².